The molecule has 1 heterocycles. The van der Waals surface area contributed by atoms with E-state index in [1.807, 2.05) is 25.1 Å². The molecule has 26 heavy (non-hydrogen) atoms. The van der Waals surface area contributed by atoms with Crippen LogP contribution in [0.3, 0.4) is 0 Å². The molecule has 0 aliphatic carbocycles. The number of fused-ring (bicyclic) bond motifs is 1. The molecule has 0 fully saturated rings. The first kappa shape index (κ1) is 19.7. The molecule has 0 saturated carbocycles. The van der Waals surface area contributed by atoms with Crippen LogP contribution in [0.25, 0.3) is 10.9 Å². The summed E-state index contributed by atoms with van der Waals surface area (Å²) >= 11 is 0. The lowest BCUT2D eigenvalue weighted by molar-refractivity contribution is -0.0000233. The van der Waals surface area contributed by atoms with E-state index in [2.05, 4.69) is 36.3 Å². The molecule has 2 aromatic carbocycles. The highest BCUT2D eigenvalue weighted by molar-refractivity contribution is 5.96. The molecule has 3 rings (SSSR count). The van der Waals surface area contributed by atoms with E-state index in [1.54, 1.807) is 19.1 Å². The number of carbonyl (C=O) groups excluding carboxylic acids is 1. The summed E-state index contributed by atoms with van der Waals surface area (Å²) in [5.41, 5.74) is 6.82. The highest BCUT2D eigenvalue weighted by Crippen LogP contribution is 2.29. The third-order valence-electron chi connectivity index (χ3n) is 4.05. The Morgan fingerprint density at radius 1 is 1.08 bits per heavy atom. The Morgan fingerprint density at radius 3 is 2.42 bits per heavy atom. The van der Waals surface area contributed by atoms with Crippen LogP contribution in [-0.4, -0.2) is 17.6 Å². The number of nitrogens with zero attached hydrogens (tertiary/aromatic N) is 1. The zero-order valence-corrected chi connectivity index (χ0v) is 16.1. The minimum Gasteiger partial charge on any atom is -1.00 e. The fourth-order valence-electron chi connectivity index (χ4n) is 2.97. The van der Waals surface area contributed by atoms with Crippen LogP contribution < -0.4 is 17.7 Å². The van der Waals surface area contributed by atoms with Crippen LogP contribution in [-0.2, 0) is 4.74 Å². The van der Waals surface area contributed by atoms with Gasteiger partial charge in [-0.2, -0.15) is 0 Å². The van der Waals surface area contributed by atoms with Crippen LogP contribution in [0.15, 0.2) is 42.5 Å². The van der Waals surface area contributed by atoms with E-state index in [-0.39, 0.29) is 18.4 Å². The van der Waals surface area contributed by atoms with E-state index in [1.165, 1.54) is 11.1 Å². The average Bonchev–Trinajstić information content (AvgIpc) is 2.57. The summed E-state index contributed by atoms with van der Waals surface area (Å²) in [5.74, 6) is -0.300. The molecule has 0 unspecified atom stereocenters. The number of anilines is 2. The second kappa shape index (κ2) is 8.19. The predicted molar refractivity (Wildman–Crippen MR) is 102 cm³/mol. The topological polar surface area (TPSA) is 51.2 Å². The molecule has 1 N–H and O–H groups in total. The Hall–Kier alpha value is -2.59. The maximum Gasteiger partial charge on any atom is 0.338 e. The number of aromatic nitrogens is 1. The fourth-order valence-corrected chi connectivity index (χ4v) is 2.97. The summed E-state index contributed by atoms with van der Waals surface area (Å²) < 4.78 is 5.02. The van der Waals surface area contributed by atoms with Crippen molar-refractivity contribution in [3.05, 3.63) is 64.8 Å². The third kappa shape index (κ3) is 4.14. The van der Waals surface area contributed by atoms with Gasteiger partial charge in [0.1, 0.15) is 0 Å². The molecule has 0 atom stereocenters. The van der Waals surface area contributed by atoms with Crippen molar-refractivity contribution in [2.45, 2.75) is 27.7 Å². The lowest BCUT2D eigenvalue weighted by atomic mass is 10.0. The van der Waals surface area contributed by atoms with Crippen LogP contribution >= 0.6 is 0 Å². The summed E-state index contributed by atoms with van der Waals surface area (Å²) in [6.07, 6.45) is 0. The summed E-state index contributed by atoms with van der Waals surface area (Å²) in [6, 6.07) is 13.6. The van der Waals surface area contributed by atoms with E-state index in [0.29, 0.717) is 12.2 Å². The first-order valence-corrected chi connectivity index (χ1v) is 8.40. The average molecular weight is 370 g/mol. The minimum atomic E-state index is -0.300. The van der Waals surface area contributed by atoms with Crippen LogP contribution in [0, 0.1) is 20.8 Å². The number of aryl methyl sites for hydroxylation is 3. The molecule has 3 aromatic rings. The molecule has 0 spiro atoms. The number of hydrogen-bond acceptors (Lipinski definition) is 4. The van der Waals surface area contributed by atoms with E-state index in [4.69, 9.17) is 4.74 Å². The normalized spacial score (nSPS) is 10.3. The van der Waals surface area contributed by atoms with Crippen molar-refractivity contribution in [1.29, 1.82) is 0 Å². The Balaban J connectivity index is 0.00000243. The van der Waals surface area contributed by atoms with Gasteiger partial charge in [-0.25, -0.2) is 4.79 Å². The monoisotopic (exact) mass is 369 g/mol. The van der Waals surface area contributed by atoms with Crippen molar-refractivity contribution in [2.24, 2.45) is 0 Å². The van der Waals surface area contributed by atoms with Crippen molar-refractivity contribution in [1.82, 2.24) is 4.98 Å². The van der Waals surface area contributed by atoms with Crippen LogP contribution in [0.5, 0.6) is 0 Å². The predicted octanol–water partition coefficient (Wildman–Crippen LogP) is 2.08. The molecule has 0 bridgehead atoms. The molecular formula is C21H22ClN2O2-. The maximum absolute atomic E-state index is 11.8. The zero-order valence-electron chi connectivity index (χ0n) is 15.4. The Morgan fingerprint density at radius 2 is 1.77 bits per heavy atom. The van der Waals surface area contributed by atoms with Crippen LogP contribution in [0.4, 0.5) is 11.4 Å². The van der Waals surface area contributed by atoms with Gasteiger partial charge in [-0.1, -0.05) is 11.6 Å². The van der Waals surface area contributed by atoms with E-state index < -0.39 is 0 Å². The van der Waals surface area contributed by atoms with E-state index in [0.717, 1.165) is 28.0 Å². The summed E-state index contributed by atoms with van der Waals surface area (Å²) in [6.45, 7) is 8.34. The molecule has 0 saturated heterocycles. The van der Waals surface area contributed by atoms with Gasteiger partial charge in [0.25, 0.3) is 0 Å². The lowest BCUT2D eigenvalue weighted by Crippen LogP contribution is -3.00. The highest BCUT2D eigenvalue weighted by Gasteiger charge is 2.09. The second-order valence-electron chi connectivity index (χ2n) is 6.21. The van der Waals surface area contributed by atoms with Gasteiger partial charge in [0, 0.05) is 22.5 Å². The summed E-state index contributed by atoms with van der Waals surface area (Å²) in [7, 11) is 0. The fraction of sp³-hybridized carbons (Fsp3) is 0.238. The number of pyridine rings is 1. The number of hydrogen-bond donors (Lipinski definition) is 1. The molecule has 5 heteroatoms. The molecule has 0 amide bonds. The van der Waals surface area contributed by atoms with Gasteiger partial charge in [-0.05, 0) is 69.7 Å². The van der Waals surface area contributed by atoms with E-state index in [9.17, 15) is 4.79 Å². The van der Waals surface area contributed by atoms with Crippen molar-refractivity contribution in [3.63, 3.8) is 0 Å². The van der Waals surface area contributed by atoms with Crippen LogP contribution in [0.1, 0.15) is 34.1 Å². The number of carbonyl (C=O) groups is 1. The highest BCUT2D eigenvalue weighted by atomic mass is 35.5. The van der Waals surface area contributed by atoms with Gasteiger partial charge >= 0.3 is 5.97 Å². The molecule has 0 radical (unpaired) electrons. The Bertz CT molecular complexity index is 937. The largest absolute Gasteiger partial charge is 1.00 e. The first-order chi connectivity index (χ1) is 12.0. The molecule has 4 nitrogen and oxygen atoms in total. The van der Waals surface area contributed by atoms with Gasteiger partial charge in [0.2, 0.25) is 0 Å². The number of ether oxygens (including phenoxy) is 1. The molecule has 0 aliphatic heterocycles. The van der Waals surface area contributed by atoms with Crippen molar-refractivity contribution in [3.8, 4) is 0 Å². The van der Waals surface area contributed by atoms with Gasteiger partial charge in [0.05, 0.1) is 17.7 Å². The number of esters is 1. The minimum absolute atomic E-state index is 0. The number of benzene rings is 2. The third-order valence-corrected chi connectivity index (χ3v) is 4.05. The van der Waals surface area contributed by atoms with Crippen molar-refractivity contribution >= 4 is 28.2 Å². The summed E-state index contributed by atoms with van der Waals surface area (Å²) in [4.78, 5) is 16.4. The van der Waals surface area contributed by atoms with Gasteiger partial charge in [-0.3, -0.25) is 4.98 Å². The van der Waals surface area contributed by atoms with Gasteiger partial charge in [-0.15, -0.1) is 0 Å². The zero-order chi connectivity index (χ0) is 18.0. The van der Waals surface area contributed by atoms with Crippen LogP contribution in [0.2, 0.25) is 0 Å². The Kier molecular flexibility index (Phi) is 6.22. The number of rotatable bonds is 4. The Labute approximate surface area is 160 Å². The molecular weight excluding hydrogens is 348 g/mol. The molecule has 0 aliphatic rings. The van der Waals surface area contributed by atoms with Gasteiger partial charge < -0.3 is 22.5 Å². The maximum atomic E-state index is 11.8. The standard InChI is InChI=1S/C21H22N2O2.ClH/c1-5-25-21(24)16-6-8-17(9-7-16)23-19-12-15(4)22-20-14(3)10-13(2)11-18(19)20;/h6-12H,5H2,1-4H3,(H,22,23);1H/p-1. The van der Waals surface area contributed by atoms with Crippen molar-refractivity contribution < 1.29 is 21.9 Å². The lowest BCUT2D eigenvalue weighted by Gasteiger charge is -2.13. The second-order valence-corrected chi connectivity index (χ2v) is 6.21. The SMILES string of the molecule is CCOC(=O)c1ccc(Nc2cc(C)nc3c(C)cc(C)cc23)cc1.[Cl-]. The van der Waals surface area contributed by atoms with E-state index >= 15 is 0 Å². The quantitative estimate of drug-likeness (QED) is 0.715. The number of nitrogens with one attached hydrogen (secondary N) is 1. The molecule has 1 aromatic heterocycles. The first-order valence-electron chi connectivity index (χ1n) is 8.40. The summed E-state index contributed by atoms with van der Waals surface area (Å²) in [5, 5.41) is 4.54. The van der Waals surface area contributed by atoms with Crippen molar-refractivity contribution in [2.75, 3.05) is 11.9 Å². The molecule has 136 valence electrons. The van der Waals surface area contributed by atoms with Gasteiger partial charge in [0.15, 0.2) is 0 Å². The smallest absolute Gasteiger partial charge is 0.338 e. The number of halogens is 1.